The van der Waals surface area contributed by atoms with Gasteiger partial charge in [0.1, 0.15) is 5.82 Å². The molecule has 0 aromatic heterocycles. The van der Waals surface area contributed by atoms with Gasteiger partial charge in [-0.25, -0.2) is 4.39 Å². The monoisotopic (exact) mass is 512 g/mol. The topological polar surface area (TPSA) is 49.4 Å². The second kappa shape index (κ2) is 11.6. The lowest BCUT2D eigenvalue weighted by molar-refractivity contribution is -0.114. The van der Waals surface area contributed by atoms with E-state index in [2.05, 4.69) is 11.4 Å². The number of carbonyl (C=O) groups is 2. The minimum absolute atomic E-state index is 0.0938. The van der Waals surface area contributed by atoms with E-state index in [1.807, 2.05) is 42.5 Å². The first-order chi connectivity index (χ1) is 18.1. The quantitative estimate of drug-likeness (QED) is 0.271. The molecule has 0 fully saturated rings. The molecule has 1 aliphatic heterocycles. The van der Waals surface area contributed by atoms with Crippen LogP contribution in [-0.2, 0) is 11.3 Å². The maximum Gasteiger partial charge on any atom is 0.265 e. The van der Waals surface area contributed by atoms with Gasteiger partial charge in [-0.1, -0.05) is 65.9 Å². The first kappa shape index (κ1) is 25.0. The molecule has 0 saturated carbocycles. The van der Waals surface area contributed by atoms with E-state index in [1.54, 1.807) is 35.2 Å². The van der Waals surface area contributed by atoms with Crippen LogP contribution in [0.15, 0.2) is 94.2 Å². The molecule has 3 aromatic carbocycles. The predicted octanol–water partition coefficient (Wildman–Crippen LogP) is 7.13. The molecule has 188 valence electrons. The van der Waals surface area contributed by atoms with Gasteiger partial charge >= 0.3 is 0 Å². The van der Waals surface area contributed by atoms with Crippen molar-refractivity contribution in [2.45, 2.75) is 43.5 Å². The number of carbonyl (C=O) groups excluding carboxylic acids is 2. The molecule has 37 heavy (non-hydrogen) atoms. The molecule has 1 heterocycles. The molecule has 5 rings (SSSR count). The first-order valence-corrected chi connectivity index (χ1v) is 13.5. The Labute approximate surface area is 221 Å². The van der Waals surface area contributed by atoms with E-state index in [1.165, 1.54) is 36.2 Å². The van der Waals surface area contributed by atoms with E-state index in [0.717, 1.165) is 35.4 Å². The third kappa shape index (κ3) is 6.03. The van der Waals surface area contributed by atoms with Gasteiger partial charge in [0.15, 0.2) is 0 Å². The number of fused-ring (bicyclic) bond motifs is 1. The van der Waals surface area contributed by atoms with E-state index < -0.39 is 0 Å². The van der Waals surface area contributed by atoms with Crippen LogP contribution in [0.4, 0.5) is 10.1 Å². The Hall–Kier alpha value is -3.64. The number of nitrogens with zero attached hydrogens (tertiary/aromatic N) is 1. The Bertz CT molecular complexity index is 1360. The number of anilines is 1. The van der Waals surface area contributed by atoms with Crippen molar-refractivity contribution in [1.82, 2.24) is 5.32 Å². The Balaban J connectivity index is 1.29. The standard InChI is InChI=1S/C31H29FN2O2S/c32-26-11-5-4-10-25(26)21-34-27-12-6-7-13-28(27)37-29(31(34)36)20-23-14-16-24(17-15-23)30(35)33-19-18-22-8-2-1-3-9-22/h4-8,10-17,20H,1-3,9,18-19,21H2,(H,33,35)/b29-20-. The Morgan fingerprint density at radius 3 is 2.57 bits per heavy atom. The average molecular weight is 513 g/mol. The highest BCUT2D eigenvalue weighted by molar-refractivity contribution is 8.04. The van der Waals surface area contributed by atoms with Gasteiger partial charge in [-0.15, -0.1) is 0 Å². The van der Waals surface area contributed by atoms with Crippen LogP contribution in [0.25, 0.3) is 6.08 Å². The first-order valence-electron chi connectivity index (χ1n) is 12.7. The highest BCUT2D eigenvalue weighted by Crippen LogP contribution is 2.42. The van der Waals surface area contributed by atoms with Crippen molar-refractivity contribution in [3.63, 3.8) is 0 Å². The van der Waals surface area contributed by atoms with Gasteiger partial charge in [-0.2, -0.15) is 0 Å². The summed E-state index contributed by atoms with van der Waals surface area (Å²) < 4.78 is 14.4. The van der Waals surface area contributed by atoms with E-state index in [0.29, 0.717) is 22.6 Å². The van der Waals surface area contributed by atoms with Gasteiger partial charge in [0.2, 0.25) is 0 Å². The van der Waals surface area contributed by atoms with Crippen LogP contribution in [0.5, 0.6) is 0 Å². The molecular formula is C31H29FN2O2S. The van der Waals surface area contributed by atoms with E-state index >= 15 is 0 Å². The maximum absolute atomic E-state index is 14.4. The summed E-state index contributed by atoms with van der Waals surface area (Å²) in [4.78, 5) is 29.2. The molecule has 2 amide bonds. The van der Waals surface area contributed by atoms with Crippen LogP contribution < -0.4 is 10.2 Å². The number of nitrogens with one attached hydrogen (secondary N) is 1. The number of halogens is 1. The fraction of sp³-hybridized carbons (Fsp3) is 0.226. The van der Waals surface area contributed by atoms with Crippen LogP contribution in [0.3, 0.4) is 0 Å². The summed E-state index contributed by atoms with van der Waals surface area (Å²) in [5.41, 5.74) is 4.09. The zero-order chi connectivity index (χ0) is 25.6. The van der Waals surface area contributed by atoms with Gasteiger partial charge in [-0.05, 0) is 74.1 Å². The maximum atomic E-state index is 14.4. The lowest BCUT2D eigenvalue weighted by Crippen LogP contribution is -2.34. The SMILES string of the molecule is O=C(NCCC1=CCCCC1)c1ccc(/C=C2\Sc3ccccc3N(Cc3ccccc3F)C2=O)cc1. The largest absolute Gasteiger partial charge is 0.352 e. The van der Waals surface area contributed by atoms with Crippen molar-refractivity contribution in [1.29, 1.82) is 0 Å². The average Bonchev–Trinajstić information content (AvgIpc) is 2.93. The van der Waals surface area contributed by atoms with Gasteiger partial charge in [0.05, 0.1) is 17.1 Å². The fourth-order valence-corrected chi connectivity index (χ4v) is 5.73. The van der Waals surface area contributed by atoms with Crippen molar-refractivity contribution in [3.05, 3.63) is 112 Å². The number of thioether (sulfide) groups is 1. The van der Waals surface area contributed by atoms with Crippen molar-refractivity contribution >= 4 is 35.3 Å². The summed E-state index contributed by atoms with van der Waals surface area (Å²) in [7, 11) is 0. The number of benzene rings is 3. The second-order valence-corrected chi connectivity index (χ2v) is 10.4. The molecule has 1 N–H and O–H groups in total. The molecule has 0 unspecified atom stereocenters. The molecule has 3 aromatic rings. The van der Waals surface area contributed by atoms with Crippen molar-refractivity contribution in [2.24, 2.45) is 0 Å². The number of hydrogen-bond acceptors (Lipinski definition) is 3. The normalized spacial score (nSPS) is 16.4. The summed E-state index contributed by atoms with van der Waals surface area (Å²) >= 11 is 1.41. The lowest BCUT2D eigenvalue weighted by atomic mass is 9.97. The van der Waals surface area contributed by atoms with Gasteiger partial charge < -0.3 is 10.2 Å². The van der Waals surface area contributed by atoms with Gasteiger partial charge in [-0.3, -0.25) is 9.59 Å². The molecule has 6 heteroatoms. The number of para-hydroxylation sites is 1. The van der Waals surface area contributed by atoms with Crippen LogP contribution in [0, 0.1) is 5.82 Å². The lowest BCUT2D eigenvalue weighted by Gasteiger charge is -2.30. The molecule has 0 atom stereocenters. The van der Waals surface area contributed by atoms with Crippen LogP contribution >= 0.6 is 11.8 Å². The second-order valence-electron chi connectivity index (χ2n) is 9.30. The number of rotatable bonds is 7. The Kier molecular flexibility index (Phi) is 7.85. The molecule has 1 aliphatic carbocycles. The summed E-state index contributed by atoms with van der Waals surface area (Å²) in [6.07, 6.45) is 9.82. The van der Waals surface area contributed by atoms with E-state index in [4.69, 9.17) is 0 Å². The minimum atomic E-state index is -0.333. The minimum Gasteiger partial charge on any atom is -0.352 e. The summed E-state index contributed by atoms with van der Waals surface area (Å²) in [5.74, 6) is -0.602. The van der Waals surface area contributed by atoms with Gasteiger partial charge in [0.25, 0.3) is 11.8 Å². The molecular weight excluding hydrogens is 483 g/mol. The predicted molar refractivity (Wildman–Crippen MR) is 148 cm³/mol. The zero-order valence-corrected chi connectivity index (χ0v) is 21.4. The number of allylic oxidation sites excluding steroid dienone is 1. The summed E-state index contributed by atoms with van der Waals surface area (Å²) in [6.45, 7) is 0.787. The Morgan fingerprint density at radius 1 is 1.00 bits per heavy atom. The molecule has 0 saturated heterocycles. The van der Waals surface area contributed by atoms with Crippen LogP contribution in [0.1, 0.15) is 53.6 Å². The molecule has 2 aliphatic rings. The molecule has 0 bridgehead atoms. The van der Waals surface area contributed by atoms with Crippen molar-refractivity contribution < 1.29 is 14.0 Å². The third-order valence-corrected chi connectivity index (χ3v) is 7.78. The van der Waals surface area contributed by atoms with E-state index in [9.17, 15) is 14.0 Å². The van der Waals surface area contributed by atoms with Crippen LogP contribution in [0.2, 0.25) is 0 Å². The highest BCUT2D eigenvalue weighted by Gasteiger charge is 2.29. The smallest absolute Gasteiger partial charge is 0.265 e. The van der Waals surface area contributed by atoms with Gasteiger partial charge in [0, 0.05) is 22.6 Å². The highest BCUT2D eigenvalue weighted by atomic mass is 32.2. The number of amides is 2. The van der Waals surface area contributed by atoms with Crippen molar-refractivity contribution in [2.75, 3.05) is 11.4 Å². The third-order valence-electron chi connectivity index (χ3n) is 6.71. The molecule has 0 radical (unpaired) electrons. The van der Waals surface area contributed by atoms with Crippen LogP contribution in [-0.4, -0.2) is 18.4 Å². The summed E-state index contributed by atoms with van der Waals surface area (Å²) in [5, 5.41) is 3.01. The van der Waals surface area contributed by atoms with E-state index in [-0.39, 0.29) is 24.2 Å². The number of hydrogen-bond donors (Lipinski definition) is 1. The fourth-order valence-electron chi connectivity index (χ4n) is 4.67. The molecule has 0 spiro atoms. The van der Waals surface area contributed by atoms with Crippen molar-refractivity contribution in [3.8, 4) is 0 Å². The Morgan fingerprint density at radius 2 is 1.78 bits per heavy atom. The summed E-state index contributed by atoms with van der Waals surface area (Å²) in [6, 6.07) is 21.4. The zero-order valence-electron chi connectivity index (χ0n) is 20.6. The molecule has 4 nitrogen and oxygen atoms in total.